The van der Waals surface area contributed by atoms with E-state index in [-0.39, 0.29) is 5.41 Å². The lowest BCUT2D eigenvalue weighted by Gasteiger charge is -2.27. The van der Waals surface area contributed by atoms with Crippen molar-refractivity contribution in [1.29, 1.82) is 0 Å². The van der Waals surface area contributed by atoms with Crippen molar-refractivity contribution in [2.24, 2.45) is 23.1 Å². The molecule has 2 N–H and O–H groups in total. The molecular weight excluding hydrogens is 593 g/mol. The van der Waals surface area contributed by atoms with Crippen LogP contribution in [-0.4, -0.2) is 61.4 Å². The second-order valence-electron chi connectivity index (χ2n) is 14.1. The lowest BCUT2D eigenvalue weighted by Crippen LogP contribution is -2.35. The molecule has 1 unspecified atom stereocenters. The number of rotatable bonds is 4. The average molecular weight is 647 g/mol. The molecule has 0 amide bonds. The van der Waals surface area contributed by atoms with Gasteiger partial charge in [0.25, 0.3) is 0 Å². The Labute approximate surface area is 280 Å². The smallest absolute Gasteiger partial charge is 0.111 e. The fourth-order valence-electron chi connectivity index (χ4n) is 6.75. The Morgan fingerprint density at radius 1 is 1.13 bits per heavy atom. The summed E-state index contributed by atoms with van der Waals surface area (Å²) in [6.45, 7) is 16.3. The Morgan fingerprint density at radius 2 is 1.96 bits per heavy atom. The van der Waals surface area contributed by atoms with Gasteiger partial charge in [0.1, 0.15) is 6.73 Å². The van der Waals surface area contributed by atoms with Crippen LogP contribution in [0.1, 0.15) is 70.1 Å². The predicted molar refractivity (Wildman–Crippen MR) is 192 cm³/mol. The molecule has 2 atom stereocenters. The highest BCUT2D eigenvalue weighted by Crippen LogP contribution is 2.40. The maximum atomic E-state index is 6.44. The van der Waals surface area contributed by atoms with Crippen LogP contribution in [0.15, 0.2) is 53.5 Å². The maximum Gasteiger partial charge on any atom is 0.111 e. The van der Waals surface area contributed by atoms with Gasteiger partial charge in [-0.25, -0.2) is 9.99 Å². The lowest BCUT2D eigenvalue weighted by atomic mass is 9.83. The van der Waals surface area contributed by atoms with Crippen LogP contribution in [0, 0.1) is 17.3 Å². The molecule has 1 aliphatic carbocycles. The molecule has 3 aromatic rings. The number of ether oxygens (including phenoxy) is 3. The quantitative estimate of drug-likeness (QED) is 0.289. The molecule has 0 saturated carbocycles. The first-order valence-electron chi connectivity index (χ1n) is 17.0. The number of hydrazine groups is 1. The van der Waals surface area contributed by atoms with Gasteiger partial charge in [-0.15, -0.1) is 11.3 Å². The van der Waals surface area contributed by atoms with E-state index < -0.39 is 0 Å². The normalized spacial score (nSPS) is 22.6. The van der Waals surface area contributed by atoms with E-state index in [1.807, 2.05) is 0 Å². The van der Waals surface area contributed by atoms with Gasteiger partial charge in [-0.05, 0) is 73.1 Å². The molecule has 2 aromatic heterocycles. The number of nitrogens with zero attached hydrogens (tertiary/aromatic N) is 3. The first-order valence-corrected chi connectivity index (χ1v) is 17.9. The summed E-state index contributed by atoms with van der Waals surface area (Å²) in [5.41, 5.74) is 8.65. The minimum absolute atomic E-state index is 0.0711. The third kappa shape index (κ3) is 8.65. The van der Waals surface area contributed by atoms with E-state index in [0.29, 0.717) is 38.4 Å². The summed E-state index contributed by atoms with van der Waals surface area (Å²) in [5.74, 6) is 7.06. The van der Waals surface area contributed by atoms with Crippen LogP contribution >= 0.6 is 11.3 Å². The molecule has 250 valence electrons. The zero-order valence-corrected chi connectivity index (χ0v) is 29.6. The summed E-state index contributed by atoms with van der Waals surface area (Å²) in [6.07, 6.45) is 13.6. The number of thiazole rings is 1. The van der Waals surface area contributed by atoms with Crippen molar-refractivity contribution in [3.8, 4) is 11.3 Å². The Hall–Kier alpha value is -2.59. The van der Waals surface area contributed by atoms with E-state index in [2.05, 4.69) is 87.1 Å². The molecule has 46 heavy (non-hydrogen) atoms. The van der Waals surface area contributed by atoms with E-state index in [1.54, 1.807) is 23.5 Å². The van der Waals surface area contributed by atoms with Gasteiger partial charge in [-0.1, -0.05) is 58.1 Å². The van der Waals surface area contributed by atoms with Crippen LogP contribution < -0.4 is 5.84 Å². The number of aromatic nitrogens is 2. The molecule has 1 aromatic carbocycles. The van der Waals surface area contributed by atoms with Crippen molar-refractivity contribution in [3.63, 3.8) is 0 Å². The number of methoxy groups -OCH3 is 1. The van der Waals surface area contributed by atoms with Crippen LogP contribution in [0.4, 0.5) is 0 Å². The topological polar surface area (TPSA) is 74.8 Å². The zero-order valence-electron chi connectivity index (χ0n) is 28.8. The largest absolute Gasteiger partial charge is 0.381 e. The lowest BCUT2D eigenvalue weighted by molar-refractivity contribution is 0.00997. The number of aryl methyl sites for hydroxylation is 1. The van der Waals surface area contributed by atoms with Crippen molar-refractivity contribution in [1.82, 2.24) is 14.6 Å². The molecule has 4 bridgehead atoms. The molecule has 7 nitrogen and oxygen atoms in total. The molecule has 2 aliphatic rings. The molecule has 0 fully saturated rings. The zero-order chi connectivity index (χ0) is 32.7. The summed E-state index contributed by atoms with van der Waals surface area (Å²) < 4.78 is 20.6. The number of fused-ring (bicyclic) bond motifs is 4. The summed E-state index contributed by atoms with van der Waals surface area (Å²) >= 11 is 1.74. The minimum atomic E-state index is -0.0711. The van der Waals surface area contributed by atoms with Gasteiger partial charge in [-0.2, -0.15) is 0 Å². The Balaban J connectivity index is 1.60. The molecule has 0 saturated heterocycles. The van der Waals surface area contributed by atoms with E-state index in [1.165, 1.54) is 33.3 Å². The van der Waals surface area contributed by atoms with Crippen molar-refractivity contribution < 1.29 is 14.2 Å². The minimum Gasteiger partial charge on any atom is -0.381 e. The highest BCUT2D eigenvalue weighted by Gasteiger charge is 2.28. The summed E-state index contributed by atoms with van der Waals surface area (Å²) in [5, 5.41) is 6.44. The number of allylic oxidation sites excluding steroid dienone is 5. The van der Waals surface area contributed by atoms with Crippen LogP contribution in [0.2, 0.25) is 0 Å². The fourth-order valence-corrected chi connectivity index (χ4v) is 7.71. The van der Waals surface area contributed by atoms with Crippen LogP contribution in [-0.2, 0) is 33.6 Å². The molecule has 3 heterocycles. The summed E-state index contributed by atoms with van der Waals surface area (Å²) in [4.78, 5) is 5.10. The number of hydrogen-bond acceptors (Lipinski definition) is 7. The van der Waals surface area contributed by atoms with Crippen molar-refractivity contribution in [3.05, 3.63) is 69.7 Å². The van der Waals surface area contributed by atoms with Gasteiger partial charge in [0.15, 0.2) is 0 Å². The first kappa shape index (κ1) is 34.7. The van der Waals surface area contributed by atoms with Crippen LogP contribution in [0.25, 0.3) is 27.7 Å². The van der Waals surface area contributed by atoms with E-state index in [4.69, 9.17) is 25.0 Å². The molecule has 1 aliphatic heterocycles. The Kier molecular flexibility index (Phi) is 12.1. The number of benzene rings is 1. The maximum absolute atomic E-state index is 6.44. The SMILES string of the molecule is CCn1c(C2=C(COC)CC=CC=C2)c2c3cc(ccc31)-c1csc(n1)CC(C)COCN(N)CCC[C@H](C)COCC(C)(C)C2. The van der Waals surface area contributed by atoms with Crippen molar-refractivity contribution >= 4 is 27.8 Å². The highest BCUT2D eigenvalue weighted by molar-refractivity contribution is 7.09. The number of nitrogens with two attached hydrogens (primary N) is 1. The standard InChI is InChI=1S/C38H54N4O3S/c1-7-42-35-16-15-29-19-32(35)33(37(42)31-14-10-8-9-13-30(31)23-43-6)20-38(4,5)25-44-21-27(2)12-11-17-41(39)26-45-22-28(3)18-36-40-34(29)24-46-36/h8-10,14-16,19,24,27-28H,7,11-13,17-18,20-23,25-26,39H2,1-6H3/t27-,28?/m0/s1. The summed E-state index contributed by atoms with van der Waals surface area (Å²) in [6, 6.07) is 6.92. The van der Waals surface area contributed by atoms with Gasteiger partial charge in [-0.3, -0.25) is 5.84 Å². The second-order valence-corrected chi connectivity index (χ2v) is 15.0. The molecule has 5 rings (SSSR count). The van der Waals surface area contributed by atoms with E-state index in [0.717, 1.165) is 68.1 Å². The Morgan fingerprint density at radius 3 is 2.76 bits per heavy atom. The summed E-state index contributed by atoms with van der Waals surface area (Å²) in [7, 11) is 1.79. The molecule has 8 heteroatoms. The van der Waals surface area contributed by atoms with Crippen LogP contribution in [0.5, 0.6) is 0 Å². The number of hydrogen-bond donors (Lipinski definition) is 1. The first-order chi connectivity index (χ1) is 22.2. The predicted octanol–water partition coefficient (Wildman–Crippen LogP) is 8.04. The van der Waals surface area contributed by atoms with Gasteiger partial charge >= 0.3 is 0 Å². The van der Waals surface area contributed by atoms with E-state index in [9.17, 15) is 0 Å². The van der Waals surface area contributed by atoms with E-state index >= 15 is 0 Å². The molecule has 0 radical (unpaired) electrons. The fraction of sp³-hybridized carbons (Fsp3) is 0.553. The Bertz CT molecular complexity index is 1550. The second kappa shape index (κ2) is 16.0. The molecular formula is C38H54N4O3S. The van der Waals surface area contributed by atoms with Gasteiger partial charge in [0.05, 0.1) is 36.2 Å². The average Bonchev–Trinajstić information content (AvgIpc) is 3.51. The molecule has 0 spiro atoms. The van der Waals surface area contributed by atoms with Crippen LogP contribution in [0.3, 0.4) is 0 Å². The van der Waals surface area contributed by atoms with Gasteiger partial charge in [0.2, 0.25) is 0 Å². The van der Waals surface area contributed by atoms with Crippen molar-refractivity contribution in [2.75, 3.05) is 46.8 Å². The van der Waals surface area contributed by atoms with Gasteiger partial charge < -0.3 is 18.8 Å². The monoisotopic (exact) mass is 646 g/mol. The third-order valence-electron chi connectivity index (χ3n) is 9.04. The highest BCUT2D eigenvalue weighted by atomic mass is 32.1. The van der Waals surface area contributed by atoms with Crippen molar-refractivity contribution in [2.45, 2.75) is 73.3 Å². The van der Waals surface area contributed by atoms with Gasteiger partial charge in [0, 0.05) is 60.6 Å². The third-order valence-corrected chi connectivity index (χ3v) is 9.91.